The molecule has 0 atom stereocenters. The van der Waals surface area contributed by atoms with Crippen LogP contribution in [0.4, 0.5) is 0 Å². The summed E-state index contributed by atoms with van der Waals surface area (Å²) in [6.07, 6.45) is 35.3. The van der Waals surface area contributed by atoms with Gasteiger partial charge in [-0.1, -0.05) is 93.7 Å². The molecule has 0 rings (SSSR count). The first kappa shape index (κ1) is 38.9. The molecule has 0 aliphatic rings. The molecule has 0 bridgehead atoms. The highest BCUT2D eigenvalue weighted by atomic mass is 16.3. The maximum Gasteiger partial charge on any atom is 0.0591 e. The van der Waals surface area contributed by atoms with Crippen LogP contribution in [0.25, 0.3) is 0 Å². The molecule has 1 nitrogen and oxygen atoms in total. The first-order chi connectivity index (χ1) is 19.3. The van der Waals surface area contributed by atoms with Gasteiger partial charge in [0.15, 0.2) is 0 Å². The summed E-state index contributed by atoms with van der Waals surface area (Å²) in [5.74, 6) is 0. The van der Waals surface area contributed by atoms with E-state index in [1.807, 2.05) is 13.8 Å². The quantitative estimate of drug-likeness (QED) is 0.109. The summed E-state index contributed by atoms with van der Waals surface area (Å²) in [5, 5.41) is 9.84. The maximum absolute atomic E-state index is 9.84. The normalized spacial score (nSPS) is 14.8. The second kappa shape index (κ2) is 23.4. The van der Waals surface area contributed by atoms with Crippen LogP contribution in [0, 0.1) is 0 Å². The van der Waals surface area contributed by atoms with Crippen molar-refractivity contribution in [1.29, 1.82) is 0 Å². The van der Waals surface area contributed by atoms with E-state index in [2.05, 4.69) is 110 Å². The molecule has 0 spiro atoms. The van der Waals surface area contributed by atoms with Gasteiger partial charge >= 0.3 is 0 Å². The molecule has 0 radical (unpaired) electrons. The molecular formula is C40H66O. The number of rotatable bonds is 21. The number of hydrogen-bond donors (Lipinski definition) is 1. The lowest BCUT2D eigenvalue weighted by molar-refractivity contribution is 0.0689. The van der Waals surface area contributed by atoms with Crippen molar-refractivity contribution in [2.45, 2.75) is 158 Å². The fraction of sp³-hybridized carbons (Fsp3) is 0.600. The van der Waals surface area contributed by atoms with Gasteiger partial charge in [-0.3, -0.25) is 0 Å². The van der Waals surface area contributed by atoms with Gasteiger partial charge in [-0.15, -0.1) is 0 Å². The Morgan fingerprint density at radius 3 is 1.12 bits per heavy atom. The van der Waals surface area contributed by atoms with E-state index in [0.717, 1.165) is 70.6 Å². The molecule has 0 aliphatic carbocycles. The fourth-order valence-corrected chi connectivity index (χ4v) is 4.59. The third-order valence-electron chi connectivity index (χ3n) is 7.45. The summed E-state index contributed by atoms with van der Waals surface area (Å²) in [6.45, 7) is 21.6. The van der Waals surface area contributed by atoms with E-state index in [4.69, 9.17) is 0 Å². The molecule has 0 saturated carbocycles. The molecule has 0 unspecified atom stereocenters. The molecule has 0 amide bonds. The highest BCUT2D eigenvalue weighted by molar-refractivity contribution is 5.19. The molecule has 0 saturated heterocycles. The Morgan fingerprint density at radius 2 is 0.780 bits per heavy atom. The summed E-state index contributed by atoms with van der Waals surface area (Å²) in [7, 11) is 0. The van der Waals surface area contributed by atoms with Crippen molar-refractivity contribution in [3.63, 3.8) is 0 Å². The Balaban J connectivity index is 4.26. The zero-order valence-electron chi connectivity index (χ0n) is 28.8. The lowest BCUT2D eigenvalue weighted by Gasteiger charge is -2.16. The van der Waals surface area contributed by atoms with Crippen molar-refractivity contribution in [1.82, 2.24) is 0 Å². The molecule has 0 aromatic rings. The fourth-order valence-electron chi connectivity index (χ4n) is 4.59. The second-order valence-electron chi connectivity index (χ2n) is 13.3. The molecule has 0 heterocycles. The first-order valence-electron chi connectivity index (χ1n) is 16.3. The smallest absolute Gasteiger partial charge is 0.0591 e. The van der Waals surface area contributed by atoms with Crippen LogP contribution in [-0.4, -0.2) is 10.7 Å². The van der Waals surface area contributed by atoms with E-state index in [-0.39, 0.29) is 0 Å². The monoisotopic (exact) mass is 563 g/mol. The zero-order valence-corrected chi connectivity index (χ0v) is 28.8. The Morgan fingerprint density at radius 1 is 0.463 bits per heavy atom. The molecule has 41 heavy (non-hydrogen) atoms. The molecule has 1 heteroatoms. The average molecular weight is 563 g/mol. The summed E-state index contributed by atoms with van der Waals surface area (Å²) < 4.78 is 0. The van der Waals surface area contributed by atoms with Crippen molar-refractivity contribution >= 4 is 0 Å². The van der Waals surface area contributed by atoms with E-state index in [0.29, 0.717) is 0 Å². The van der Waals surface area contributed by atoms with Crippen molar-refractivity contribution < 1.29 is 5.11 Å². The minimum atomic E-state index is -0.545. The van der Waals surface area contributed by atoms with Gasteiger partial charge < -0.3 is 5.11 Å². The largest absolute Gasteiger partial charge is 0.390 e. The third-order valence-corrected chi connectivity index (χ3v) is 7.45. The Labute approximate surface area is 256 Å². The third kappa shape index (κ3) is 27.8. The van der Waals surface area contributed by atoms with Crippen LogP contribution in [0.2, 0.25) is 0 Å². The van der Waals surface area contributed by atoms with Gasteiger partial charge in [-0.2, -0.15) is 0 Å². The first-order valence-corrected chi connectivity index (χ1v) is 16.3. The van der Waals surface area contributed by atoms with Gasteiger partial charge in [0.2, 0.25) is 0 Å². The average Bonchev–Trinajstić information content (AvgIpc) is 2.85. The maximum atomic E-state index is 9.84. The van der Waals surface area contributed by atoms with E-state index in [1.54, 1.807) is 0 Å². The van der Waals surface area contributed by atoms with Gasteiger partial charge in [0.1, 0.15) is 0 Å². The van der Waals surface area contributed by atoms with E-state index in [9.17, 15) is 5.11 Å². The highest BCUT2D eigenvalue weighted by Crippen LogP contribution is 2.17. The van der Waals surface area contributed by atoms with E-state index in [1.165, 1.54) is 51.9 Å². The van der Waals surface area contributed by atoms with Crippen LogP contribution in [0.15, 0.2) is 93.7 Å². The highest BCUT2D eigenvalue weighted by Gasteiger charge is 2.11. The van der Waals surface area contributed by atoms with Crippen LogP contribution in [0.5, 0.6) is 0 Å². The molecule has 0 aromatic carbocycles. The molecule has 0 aromatic heterocycles. The predicted octanol–water partition coefficient (Wildman–Crippen LogP) is 13.0. The summed E-state index contributed by atoms with van der Waals surface area (Å²) in [6, 6.07) is 0. The zero-order chi connectivity index (χ0) is 31.1. The topological polar surface area (TPSA) is 20.2 Å². The minimum absolute atomic E-state index is 0.545. The number of aliphatic hydroxyl groups is 1. The van der Waals surface area contributed by atoms with Gasteiger partial charge in [-0.05, 0) is 153 Å². The Hall–Kier alpha value is -2.12. The predicted molar refractivity (Wildman–Crippen MR) is 187 cm³/mol. The van der Waals surface area contributed by atoms with Crippen LogP contribution < -0.4 is 0 Å². The molecule has 0 fully saturated rings. The minimum Gasteiger partial charge on any atom is -0.390 e. The van der Waals surface area contributed by atoms with Crippen LogP contribution >= 0.6 is 0 Å². The summed E-state index contributed by atoms with van der Waals surface area (Å²) >= 11 is 0. The van der Waals surface area contributed by atoms with Crippen LogP contribution in [0.1, 0.15) is 153 Å². The van der Waals surface area contributed by atoms with Crippen molar-refractivity contribution in [2.24, 2.45) is 0 Å². The van der Waals surface area contributed by atoms with Gasteiger partial charge in [-0.25, -0.2) is 0 Å². The molecular weight excluding hydrogens is 496 g/mol. The standard InChI is InChI=1S/C40H66O/c1-33(2)19-13-22-36(5)25-16-28-37(6)26-14-23-34(3)20-11-12-21-35(4)24-15-27-38(7)29-17-30-39(8)31-18-32-40(9,10)41/h11-12,19-21,25-27,30,41H,13-18,22-24,28-29,31-32H2,1-10H3. The second-order valence-corrected chi connectivity index (χ2v) is 13.3. The van der Waals surface area contributed by atoms with Crippen molar-refractivity contribution in [2.75, 3.05) is 0 Å². The number of allylic oxidation sites excluding steroid dienone is 16. The van der Waals surface area contributed by atoms with Gasteiger partial charge in [0, 0.05) is 0 Å². The molecule has 1 N–H and O–H groups in total. The van der Waals surface area contributed by atoms with E-state index >= 15 is 0 Å². The Bertz CT molecular complexity index is 959. The van der Waals surface area contributed by atoms with Crippen molar-refractivity contribution in [3.8, 4) is 0 Å². The van der Waals surface area contributed by atoms with Crippen molar-refractivity contribution in [3.05, 3.63) is 93.7 Å². The summed E-state index contributed by atoms with van der Waals surface area (Å²) in [5.41, 5.74) is 9.69. The molecule has 0 aliphatic heterocycles. The lowest BCUT2D eigenvalue weighted by Crippen LogP contribution is -2.17. The van der Waals surface area contributed by atoms with E-state index < -0.39 is 5.60 Å². The lowest BCUT2D eigenvalue weighted by atomic mass is 9.99. The van der Waals surface area contributed by atoms with Crippen LogP contribution in [-0.2, 0) is 0 Å². The SMILES string of the molecule is CC(C)=CCCC(C)=CCCC(C)=CCCC(C)=CC=CC=C(C)CCC=C(C)CCC=C(C)CCCC(C)(C)O. The van der Waals surface area contributed by atoms with Crippen LogP contribution in [0.3, 0.4) is 0 Å². The Kier molecular flexibility index (Phi) is 22.2. The van der Waals surface area contributed by atoms with Gasteiger partial charge in [0.25, 0.3) is 0 Å². The molecule has 232 valence electrons. The number of hydrogen-bond acceptors (Lipinski definition) is 1. The summed E-state index contributed by atoms with van der Waals surface area (Å²) in [4.78, 5) is 0. The van der Waals surface area contributed by atoms with Gasteiger partial charge in [0.05, 0.1) is 5.60 Å².